The minimum atomic E-state index is -0.272. The second-order valence-corrected chi connectivity index (χ2v) is 7.02. The van der Waals surface area contributed by atoms with Crippen LogP contribution in [0.2, 0.25) is 0 Å². The van der Waals surface area contributed by atoms with Crippen LogP contribution in [0.5, 0.6) is 0 Å². The van der Waals surface area contributed by atoms with Gasteiger partial charge in [0.25, 0.3) is 11.6 Å². The summed E-state index contributed by atoms with van der Waals surface area (Å²) < 4.78 is 10.6. The molecule has 0 radical (unpaired) electrons. The van der Waals surface area contributed by atoms with E-state index in [9.17, 15) is 4.79 Å². The summed E-state index contributed by atoms with van der Waals surface area (Å²) in [6.07, 6.45) is 1.59. The van der Waals surface area contributed by atoms with Gasteiger partial charge >= 0.3 is 0 Å². The van der Waals surface area contributed by atoms with Gasteiger partial charge in [-0.15, -0.1) is 11.3 Å². The highest BCUT2D eigenvalue weighted by Crippen LogP contribution is 2.28. The lowest BCUT2D eigenvalue weighted by molar-refractivity contribution is 0.102. The van der Waals surface area contributed by atoms with Crippen LogP contribution in [0.3, 0.4) is 0 Å². The molecular formula is C18H16N4O3S. The first kappa shape index (κ1) is 16.5. The van der Waals surface area contributed by atoms with E-state index in [4.69, 9.17) is 8.94 Å². The average molecular weight is 368 g/mol. The van der Waals surface area contributed by atoms with Crippen LogP contribution in [0.1, 0.15) is 41.5 Å². The van der Waals surface area contributed by atoms with Gasteiger partial charge in [-0.25, -0.2) is 9.97 Å². The van der Waals surface area contributed by atoms with Gasteiger partial charge in [0, 0.05) is 11.1 Å². The van der Waals surface area contributed by atoms with Gasteiger partial charge < -0.3 is 8.94 Å². The molecule has 0 aromatic carbocycles. The first-order valence-electron chi connectivity index (χ1n) is 8.10. The van der Waals surface area contributed by atoms with Crippen molar-refractivity contribution in [1.82, 2.24) is 15.1 Å². The number of amides is 1. The zero-order chi connectivity index (χ0) is 18.3. The van der Waals surface area contributed by atoms with Gasteiger partial charge in [-0.05, 0) is 31.0 Å². The van der Waals surface area contributed by atoms with Gasteiger partial charge in [-0.2, -0.15) is 0 Å². The molecule has 0 saturated heterocycles. The van der Waals surface area contributed by atoms with Gasteiger partial charge in [0.05, 0.1) is 22.9 Å². The van der Waals surface area contributed by atoms with Gasteiger partial charge in [-0.1, -0.05) is 19.0 Å². The minimum Gasteiger partial charge on any atom is -0.463 e. The van der Waals surface area contributed by atoms with Crippen molar-refractivity contribution in [2.45, 2.75) is 26.7 Å². The SMILES string of the molecule is Cc1noc2nc(C(C)C)cc(C(=O)Nc3nc(-c4ccco4)cs3)c12. The Hall–Kier alpha value is -3.00. The van der Waals surface area contributed by atoms with Crippen molar-refractivity contribution < 1.29 is 13.7 Å². The lowest BCUT2D eigenvalue weighted by Crippen LogP contribution is -2.13. The number of rotatable bonds is 4. The molecule has 0 spiro atoms. The maximum atomic E-state index is 12.9. The smallest absolute Gasteiger partial charge is 0.259 e. The molecule has 7 nitrogen and oxygen atoms in total. The van der Waals surface area contributed by atoms with Crippen molar-refractivity contribution in [2.24, 2.45) is 0 Å². The Bertz CT molecular complexity index is 1080. The molecule has 132 valence electrons. The summed E-state index contributed by atoms with van der Waals surface area (Å²) in [4.78, 5) is 21.7. The number of fused-ring (bicyclic) bond motifs is 1. The van der Waals surface area contributed by atoms with Gasteiger partial charge in [0.15, 0.2) is 10.9 Å². The standard InChI is InChI=1S/C18H16N4O3S/c1-9(2)12-7-11(15-10(3)22-25-17(15)19-12)16(23)21-18-20-13(8-26-18)14-5-4-6-24-14/h4-9H,1-3H3,(H,20,21,23). The molecule has 4 aromatic rings. The third-order valence-electron chi connectivity index (χ3n) is 3.97. The number of carbonyl (C=O) groups excluding carboxylic acids is 1. The Morgan fingerprint density at radius 3 is 2.88 bits per heavy atom. The maximum Gasteiger partial charge on any atom is 0.259 e. The van der Waals surface area contributed by atoms with E-state index in [2.05, 4.69) is 20.4 Å². The van der Waals surface area contributed by atoms with E-state index >= 15 is 0 Å². The highest BCUT2D eigenvalue weighted by Gasteiger charge is 2.20. The Kier molecular flexibility index (Phi) is 4.04. The number of pyridine rings is 1. The van der Waals surface area contributed by atoms with Crippen LogP contribution in [0, 0.1) is 6.92 Å². The van der Waals surface area contributed by atoms with Crippen molar-refractivity contribution in [3.05, 3.63) is 46.8 Å². The summed E-state index contributed by atoms with van der Waals surface area (Å²) in [6, 6.07) is 5.40. The normalized spacial score (nSPS) is 11.4. The van der Waals surface area contributed by atoms with Crippen molar-refractivity contribution in [1.29, 1.82) is 0 Å². The van der Waals surface area contributed by atoms with Crippen LogP contribution in [0.4, 0.5) is 5.13 Å². The number of hydrogen-bond acceptors (Lipinski definition) is 7. The third-order valence-corrected chi connectivity index (χ3v) is 4.73. The highest BCUT2D eigenvalue weighted by atomic mass is 32.1. The van der Waals surface area contributed by atoms with Crippen LogP contribution in [0.15, 0.2) is 38.8 Å². The van der Waals surface area contributed by atoms with E-state index in [1.54, 1.807) is 25.3 Å². The van der Waals surface area contributed by atoms with Crippen molar-refractivity contribution >= 4 is 33.5 Å². The molecule has 4 heterocycles. The van der Waals surface area contributed by atoms with E-state index in [0.29, 0.717) is 38.9 Å². The number of thiazole rings is 1. The van der Waals surface area contributed by atoms with E-state index in [1.807, 2.05) is 25.3 Å². The number of aryl methyl sites for hydroxylation is 1. The second-order valence-electron chi connectivity index (χ2n) is 6.17. The number of carbonyl (C=O) groups is 1. The molecule has 4 aromatic heterocycles. The van der Waals surface area contributed by atoms with E-state index in [0.717, 1.165) is 5.69 Å². The van der Waals surface area contributed by atoms with Crippen LogP contribution >= 0.6 is 11.3 Å². The molecule has 0 fully saturated rings. The topological polar surface area (TPSA) is 94.0 Å². The van der Waals surface area contributed by atoms with Crippen LogP contribution in [-0.4, -0.2) is 21.0 Å². The summed E-state index contributed by atoms with van der Waals surface area (Å²) >= 11 is 1.34. The molecule has 0 bridgehead atoms. The molecule has 0 saturated carbocycles. The first-order valence-corrected chi connectivity index (χ1v) is 8.98. The monoisotopic (exact) mass is 368 g/mol. The van der Waals surface area contributed by atoms with Gasteiger partial charge in [-0.3, -0.25) is 10.1 Å². The summed E-state index contributed by atoms with van der Waals surface area (Å²) in [6.45, 7) is 5.81. The lowest BCUT2D eigenvalue weighted by atomic mass is 10.0. The fourth-order valence-electron chi connectivity index (χ4n) is 2.62. The number of hydrogen-bond donors (Lipinski definition) is 1. The molecule has 8 heteroatoms. The van der Waals surface area contributed by atoms with Crippen LogP contribution < -0.4 is 5.32 Å². The molecule has 1 amide bonds. The molecule has 26 heavy (non-hydrogen) atoms. The Morgan fingerprint density at radius 1 is 1.31 bits per heavy atom. The summed E-state index contributed by atoms with van der Waals surface area (Å²) in [5.74, 6) is 0.540. The maximum absolute atomic E-state index is 12.9. The number of anilines is 1. The van der Waals surface area contributed by atoms with Crippen molar-refractivity contribution in [3.8, 4) is 11.5 Å². The first-order chi connectivity index (χ1) is 12.5. The lowest BCUT2D eigenvalue weighted by Gasteiger charge is -2.08. The molecule has 0 unspecified atom stereocenters. The summed E-state index contributed by atoms with van der Waals surface area (Å²) in [7, 11) is 0. The molecular weight excluding hydrogens is 352 g/mol. The number of nitrogens with zero attached hydrogens (tertiary/aromatic N) is 3. The number of furan rings is 1. The molecule has 4 rings (SSSR count). The molecule has 0 aliphatic carbocycles. The summed E-state index contributed by atoms with van der Waals surface area (Å²) in [5.41, 5.74) is 2.93. The van der Waals surface area contributed by atoms with E-state index in [1.165, 1.54) is 11.3 Å². The zero-order valence-corrected chi connectivity index (χ0v) is 15.3. The quantitative estimate of drug-likeness (QED) is 0.565. The third kappa shape index (κ3) is 2.88. The second kappa shape index (κ2) is 6.38. The molecule has 1 N–H and O–H groups in total. The molecule has 0 aliphatic rings. The van der Waals surface area contributed by atoms with Gasteiger partial charge in [0.2, 0.25) is 0 Å². The predicted octanol–water partition coefficient (Wildman–Crippen LogP) is 4.62. The van der Waals surface area contributed by atoms with E-state index in [-0.39, 0.29) is 11.8 Å². The van der Waals surface area contributed by atoms with Crippen LogP contribution in [-0.2, 0) is 0 Å². The molecule has 0 atom stereocenters. The van der Waals surface area contributed by atoms with Crippen molar-refractivity contribution in [3.63, 3.8) is 0 Å². The average Bonchev–Trinajstić information content (AvgIpc) is 3.35. The Labute approximate surface area is 153 Å². The zero-order valence-electron chi connectivity index (χ0n) is 14.4. The predicted molar refractivity (Wildman–Crippen MR) is 98.4 cm³/mol. The fraction of sp³-hybridized carbons (Fsp3) is 0.222. The fourth-order valence-corrected chi connectivity index (χ4v) is 3.32. The Balaban J connectivity index is 1.69. The largest absolute Gasteiger partial charge is 0.463 e. The van der Waals surface area contributed by atoms with Crippen molar-refractivity contribution in [2.75, 3.05) is 5.32 Å². The highest BCUT2D eigenvalue weighted by molar-refractivity contribution is 7.14. The van der Waals surface area contributed by atoms with E-state index < -0.39 is 0 Å². The summed E-state index contributed by atoms with van der Waals surface area (Å²) in [5, 5.41) is 9.73. The molecule has 0 aliphatic heterocycles. The minimum absolute atomic E-state index is 0.154. The van der Waals surface area contributed by atoms with Gasteiger partial charge in [0.1, 0.15) is 5.69 Å². The Morgan fingerprint density at radius 2 is 2.15 bits per heavy atom. The van der Waals surface area contributed by atoms with Crippen LogP contribution in [0.25, 0.3) is 22.6 Å². The number of nitrogens with one attached hydrogen (secondary N) is 1. The number of aromatic nitrogens is 3.